The van der Waals surface area contributed by atoms with Crippen LogP contribution in [0.1, 0.15) is 24.0 Å². The van der Waals surface area contributed by atoms with Crippen molar-refractivity contribution >= 4 is 11.7 Å². The Morgan fingerprint density at radius 1 is 1.03 bits per heavy atom. The van der Waals surface area contributed by atoms with Gasteiger partial charge in [-0.15, -0.1) is 0 Å². The van der Waals surface area contributed by atoms with Crippen LogP contribution in [0.25, 0.3) is 0 Å². The molecule has 1 heterocycles. The first-order valence-electron chi connectivity index (χ1n) is 9.50. The normalized spacial score (nSPS) is 15.9. The minimum Gasteiger partial charge on any atom is -0.338 e. The second-order valence-electron chi connectivity index (χ2n) is 7.19. The Hall–Kier alpha value is -2.61. The highest BCUT2D eigenvalue weighted by Gasteiger charge is 2.33. The lowest BCUT2D eigenvalue weighted by atomic mass is 9.96. The van der Waals surface area contributed by atoms with Gasteiger partial charge in [-0.1, -0.05) is 30.3 Å². The van der Waals surface area contributed by atoms with Crippen molar-refractivity contribution in [1.29, 1.82) is 0 Å². The molecule has 2 aromatic rings. The quantitative estimate of drug-likeness (QED) is 0.692. The van der Waals surface area contributed by atoms with Crippen LogP contribution in [0.2, 0.25) is 0 Å². The van der Waals surface area contributed by atoms with Crippen LogP contribution in [0, 0.1) is 11.7 Å². The average molecular weight is 409 g/mol. The van der Waals surface area contributed by atoms with E-state index >= 15 is 0 Å². The van der Waals surface area contributed by atoms with E-state index in [4.69, 9.17) is 0 Å². The number of carbonyl (C=O) groups is 1. The highest BCUT2D eigenvalue weighted by atomic mass is 19.4. The summed E-state index contributed by atoms with van der Waals surface area (Å²) in [5, 5.41) is 4.94. The molecule has 0 saturated carbocycles. The maximum atomic E-state index is 13.8. The largest absolute Gasteiger partial charge is 0.418 e. The Kier molecular flexibility index (Phi) is 6.74. The van der Waals surface area contributed by atoms with E-state index in [1.807, 2.05) is 6.07 Å². The highest BCUT2D eigenvalue weighted by Crippen LogP contribution is 2.34. The number of urea groups is 1. The summed E-state index contributed by atoms with van der Waals surface area (Å²) in [6, 6.07) is 10.9. The number of benzene rings is 2. The van der Waals surface area contributed by atoms with Crippen molar-refractivity contribution in [2.75, 3.05) is 25.0 Å². The van der Waals surface area contributed by atoms with Crippen LogP contribution >= 0.6 is 0 Å². The standard InChI is InChI=1S/C21H23F4N3O/c22-18-7-3-1-5-16(18)14-28-11-9-15(10-12-28)13-26-20(29)27-19-8-4-2-6-17(19)21(23,24)25/h1-8,15H,9-14H2,(H2,26,27,29). The number of hydrogen-bond donors (Lipinski definition) is 2. The molecule has 2 amide bonds. The second-order valence-corrected chi connectivity index (χ2v) is 7.19. The number of hydrogen-bond acceptors (Lipinski definition) is 2. The number of anilines is 1. The fraction of sp³-hybridized carbons (Fsp3) is 0.381. The predicted molar refractivity (Wildman–Crippen MR) is 103 cm³/mol. The van der Waals surface area contributed by atoms with Gasteiger partial charge in [-0.25, -0.2) is 9.18 Å². The summed E-state index contributed by atoms with van der Waals surface area (Å²) in [5.41, 5.74) is -0.486. The van der Waals surface area contributed by atoms with Gasteiger partial charge in [-0.05, 0) is 50.0 Å². The van der Waals surface area contributed by atoms with Crippen LogP contribution in [-0.2, 0) is 12.7 Å². The van der Waals surface area contributed by atoms with Crippen LogP contribution in [0.4, 0.5) is 28.0 Å². The molecule has 0 unspecified atom stereocenters. The second kappa shape index (κ2) is 9.26. The predicted octanol–water partition coefficient (Wildman–Crippen LogP) is 4.88. The summed E-state index contributed by atoms with van der Waals surface area (Å²) < 4.78 is 52.7. The molecule has 1 saturated heterocycles. The monoisotopic (exact) mass is 409 g/mol. The van der Waals surface area contributed by atoms with Gasteiger partial charge in [0.1, 0.15) is 5.82 Å². The third-order valence-corrected chi connectivity index (χ3v) is 5.09. The van der Waals surface area contributed by atoms with E-state index in [0.29, 0.717) is 18.7 Å². The number of para-hydroxylation sites is 1. The Morgan fingerprint density at radius 2 is 1.69 bits per heavy atom. The molecule has 4 nitrogen and oxygen atoms in total. The van der Waals surface area contributed by atoms with E-state index in [1.54, 1.807) is 12.1 Å². The molecule has 0 radical (unpaired) electrons. The fourth-order valence-electron chi connectivity index (χ4n) is 3.46. The minimum absolute atomic E-state index is 0.216. The van der Waals surface area contributed by atoms with Gasteiger partial charge in [0.05, 0.1) is 11.3 Å². The molecule has 2 N–H and O–H groups in total. The number of amides is 2. The summed E-state index contributed by atoms with van der Waals surface area (Å²) in [4.78, 5) is 14.2. The number of alkyl halides is 3. The first-order chi connectivity index (χ1) is 13.8. The van der Waals surface area contributed by atoms with Gasteiger partial charge in [0.25, 0.3) is 0 Å². The molecule has 0 atom stereocenters. The number of nitrogens with zero attached hydrogens (tertiary/aromatic N) is 1. The van der Waals surface area contributed by atoms with Crippen molar-refractivity contribution in [1.82, 2.24) is 10.2 Å². The van der Waals surface area contributed by atoms with E-state index in [-0.39, 0.29) is 17.4 Å². The summed E-state index contributed by atoms with van der Waals surface area (Å²) in [6.45, 7) is 2.48. The zero-order valence-electron chi connectivity index (χ0n) is 15.8. The Labute approximate surface area is 166 Å². The molecule has 0 aliphatic carbocycles. The van der Waals surface area contributed by atoms with E-state index in [2.05, 4.69) is 15.5 Å². The number of likely N-dealkylation sites (tertiary alicyclic amines) is 1. The summed E-state index contributed by atoms with van der Waals surface area (Å²) >= 11 is 0. The summed E-state index contributed by atoms with van der Waals surface area (Å²) in [5.74, 6) is 0.0163. The van der Waals surface area contributed by atoms with E-state index < -0.39 is 17.8 Å². The molecule has 156 valence electrons. The molecule has 0 spiro atoms. The van der Waals surface area contributed by atoms with Crippen molar-refractivity contribution in [3.63, 3.8) is 0 Å². The average Bonchev–Trinajstić information content (AvgIpc) is 2.69. The van der Waals surface area contributed by atoms with Crippen LogP contribution < -0.4 is 10.6 Å². The summed E-state index contributed by atoms with van der Waals surface area (Å²) in [6.07, 6.45) is -2.88. The van der Waals surface area contributed by atoms with Gasteiger partial charge in [0, 0.05) is 18.7 Å². The molecule has 0 bridgehead atoms. The van der Waals surface area contributed by atoms with Crippen LogP contribution in [0.5, 0.6) is 0 Å². The topological polar surface area (TPSA) is 44.4 Å². The van der Waals surface area contributed by atoms with E-state index in [9.17, 15) is 22.4 Å². The van der Waals surface area contributed by atoms with E-state index in [1.165, 1.54) is 24.3 Å². The Balaban J connectivity index is 1.44. The van der Waals surface area contributed by atoms with Crippen molar-refractivity contribution in [2.24, 2.45) is 5.92 Å². The Morgan fingerprint density at radius 3 is 2.38 bits per heavy atom. The van der Waals surface area contributed by atoms with Crippen molar-refractivity contribution < 1.29 is 22.4 Å². The number of halogens is 4. The fourth-order valence-corrected chi connectivity index (χ4v) is 3.46. The lowest BCUT2D eigenvalue weighted by Crippen LogP contribution is -2.39. The minimum atomic E-state index is -4.53. The van der Waals surface area contributed by atoms with Crippen molar-refractivity contribution in [3.8, 4) is 0 Å². The molecule has 1 fully saturated rings. The molecule has 29 heavy (non-hydrogen) atoms. The number of carbonyl (C=O) groups excluding carboxylic acids is 1. The number of nitrogens with one attached hydrogen (secondary N) is 2. The van der Waals surface area contributed by atoms with Gasteiger partial charge in [-0.2, -0.15) is 13.2 Å². The molecule has 0 aromatic heterocycles. The number of piperidine rings is 1. The maximum absolute atomic E-state index is 13.8. The van der Waals surface area contributed by atoms with Crippen LogP contribution in [0.15, 0.2) is 48.5 Å². The first kappa shape index (κ1) is 21.1. The molecule has 1 aliphatic rings. The third-order valence-electron chi connectivity index (χ3n) is 5.09. The lowest BCUT2D eigenvalue weighted by Gasteiger charge is -2.32. The zero-order chi connectivity index (χ0) is 20.9. The SMILES string of the molecule is O=C(NCC1CCN(Cc2ccccc2F)CC1)Nc1ccccc1C(F)(F)F. The lowest BCUT2D eigenvalue weighted by molar-refractivity contribution is -0.136. The molecule has 1 aliphatic heterocycles. The van der Waals surface area contributed by atoms with E-state index in [0.717, 1.165) is 32.0 Å². The van der Waals surface area contributed by atoms with Crippen molar-refractivity contribution in [2.45, 2.75) is 25.6 Å². The maximum Gasteiger partial charge on any atom is 0.418 e. The van der Waals surface area contributed by atoms with Gasteiger partial charge in [-0.3, -0.25) is 4.90 Å². The molecular formula is C21H23F4N3O. The van der Waals surface area contributed by atoms with Crippen molar-refractivity contribution in [3.05, 3.63) is 65.5 Å². The Bertz CT molecular complexity index is 833. The van der Waals surface area contributed by atoms with Gasteiger partial charge >= 0.3 is 12.2 Å². The van der Waals surface area contributed by atoms with Crippen LogP contribution in [-0.4, -0.2) is 30.6 Å². The first-order valence-corrected chi connectivity index (χ1v) is 9.50. The number of rotatable bonds is 5. The molecular weight excluding hydrogens is 386 g/mol. The van der Waals surface area contributed by atoms with Crippen LogP contribution in [0.3, 0.4) is 0 Å². The molecule has 3 rings (SSSR count). The zero-order valence-corrected chi connectivity index (χ0v) is 15.8. The third kappa shape index (κ3) is 5.93. The van der Waals surface area contributed by atoms with Gasteiger partial charge in [0.15, 0.2) is 0 Å². The molecule has 2 aromatic carbocycles. The van der Waals surface area contributed by atoms with Gasteiger partial charge in [0.2, 0.25) is 0 Å². The highest BCUT2D eigenvalue weighted by molar-refractivity contribution is 5.90. The molecule has 8 heteroatoms. The smallest absolute Gasteiger partial charge is 0.338 e. The summed E-state index contributed by atoms with van der Waals surface area (Å²) in [7, 11) is 0. The van der Waals surface area contributed by atoms with Gasteiger partial charge < -0.3 is 10.6 Å².